The molecular formula is C83H117ClN18O15. The van der Waals surface area contributed by atoms with Crippen LogP contribution in [0.2, 0.25) is 5.02 Å². The van der Waals surface area contributed by atoms with Gasteiger partial charge in [0.2, 0.25) is 65.0 Å². The van der Waals surface area contributed by atoms with Gasteiger partial charge in [0.1, 0.15) is 66.2 Å². The number of carbonyl (C=O) groups is 12. The molecule has 10 atom stereocenters. The van der Waals surface area contributed by atoms with Gasteiger partial charge in [0, 0.05) is 107 Å². The number of amides is 11. The summed E-state index contributed by atoms with van der Waals surface area (Å²) in [7, 11) is 0. The molecule has 33 nitrogen and oxygen atoms in total. The summed E-state index contributed by atoms with van der Waals surface area (Å²) in [6.45, 7) is 16.0. The Morgan fingerprint density at radius 2 is 0.991 bits per heavy atom. The van der Waals surface area contributed by atoms with E-state index < -0.39 is 138 Å². The smallest absolute Gasteiger partial charge is 0.245 e. The normalized spacial score (nSPS) is 14.7. The highest BCUT2D eigenvalue weighted by molar-refractivity contribution is 6.30. The Morgan fingerprint density at radius 3 is 1.51 bits per heavy atom. The second-order valence-corrected chi connectivity index (χ2v) is 29.7. The molecule has 2 heterocycles. The Balaban J connectivity index is 1.33. The van der Waals surface area contributed by atoms with Gasteiger partial charge in [-0.25, -0.2) is 4.57 Å². The third kappa shape index (κ3) is 32.6. The van der Waals surface area contributed by atoms with Gasteiger partial charge in [-0.3, -0.25) is 62.7 Å². The number of guanidine groups is 2. The number of aromatic nitrogens is 1. The molecular weight excluding hydrogens is 1520 g/mol. The van der Waals surface area contributed by atoms with E-state index in [9.17, 15) is 53.7 Å². The molecule has 0 aliphatic carbocycles. The fourth-order valence-electron chi connectivity index (χ4n) is 13.2. The number of aliphatic hydroxyl groups excluding tert-OH is 1. The second kappa shape index (κ2) is 49.4. The quantitative estimate of drug-likeness (QED) is 0.0108. The van der Waals surface area contributed by atoms with Crippen LogP contribution in [0, 0.1) is 5.92 Å². The zero-order valence-corrected chi connectivity index (χ0v) is 68.8. The van der Waals surface area contributed by atoms with Crippen molar-refractivity contribution < 1.29 is 77.4 Å². The molecule has 0 unspecified atom stereocenters. The van der Waals surface area contributed by atoms with Crippen molar-refractivity contribution in [2.75, 3.05) is 52.4 Å². The number of aliphatic imine (C=N–C) groups is 2. The predicted molar refractivity (Wildman–Crippen MR) is 441 cm³/mol. The molecule has 4 aromatic carbocycles. The number of pyridine rings is 1. The average Bonchev–Trinajstić information content (AvgIpc) is 1.71. The summed E-state index contributed by atoms with van der Waals surface area (Å²) < 4.78 is 1.52. The fraction of sp³-hybridized carbons (Fsp3) is 0.506. The maximum absolute atomic E-state index is 15.3. The number of unbranched alkanes of at least 4 members (excludes halogenated alkanes) is 2. The molecule has 1 aliphatic rings. The summed E-state index contributed by atoms with van der Waals surface area (Å²) in [5.74, 6) is -9.49. The van der Waals surface area contributed by atoms with E-state index in [0.717, 1.165) is 10.8 Å². The molecule has 1 aromatic heterocycles. The van der Waals surface area contributed by atoms with E-state index in [1.807, 2.05) is 84.0 Å². The van der Waals surface area contributed by atoms with Crippen LogP contribution in [-0.2, 0) is 89.8 Å². The number of carboxylic acid groups (broad SMARTS) is 1. The lowest BCUT2D eigenvalue weighted by molar-refractivity contribution is -0.696. The number of fused-ring (bicyclic) bond motifs is 1. The first kappa shape index (κ1) is 94.4. The minimum Gasteiger partial charge on any atom is -0.550 e. The largest absolute Gasteiger partial charge is 0.550 e. The lowest BCUT2D eigenvalue weighted by Gasteiger charge is -2.31. The number of carboxylic acids is 1. The number of nitrogens with zero attached hydrogens (tertiary/aromatic N) is 4. The molecule has 6 rings (SSSR count). The van der Waals surface area contributed by atoms with E-state index in [-0.39, 0.29) is 95.5 Å². The Labute approximate surface area is 688 Å². The summed E-state index contributed by atoms with van der Waals surface area (Å²) >= 11 is 6.28. The van der Waals surface area contributed by atoms with Crippen LogP contribution in [0.15, 0.2) is 126 Å². The van der Waals surface area contributed by atoms with E-state index in [1.165, 1.54) is 53.8 Å². The summed E-state index contributed by atoms with van der Waals surface area (Å²) in [6, 6.07) is 14.5. The van der Waals surface area contributed by atoms with Crippen molar-refractivity contribution >= 4 is 105 Å². The summed E-state index contributed by atoms with van der Waals surface area (Å²) in [4.78, 5) is 181. The van der Waals surface area contributed by atoms with Gasteiger partial charge in [-0.05, 0) is 156 Å². The van der Waals surface area contributed by atoms with Crippen molar-refractivity contribution in [3.8, 4) is 5.75 Å². The zero-order chi connectivity index (χ0) is 85.5. The number of aryl methyl sites for hydroxylation is 1. The van der Waals surface area contributed by atoms with Gasteiger partial charge in [-0.15, -0.1) is 0 Å². The molecule has 0 radical (unpaired) electrons. The van der Waals surface area contributed by atoms with Crippen molar-refractivity contribution in [1.29, 1.82) is 0 Å². The highest BCUT2D eigenvalue weighted by Crippen LogP contribution is 2.23. The molecule has 636 valence electrons. The average molecular weight is 1640 g/mol. The van der Waals surface area contributed by atoms with Gasteiger partial charge >= 0.3 is 0 Å². The van der Waals surface area contributed by atoms with Crippen molar-refractivity contribution in [3.05, 3.63) is 143 Å². The molecule has 1 fully saturated rings. The SMILES string of the molecule is CCNC(=NCCCC[C@H](NC(=O)[C@H](CC(C)C)NC(=O)[C@@H](CCCCN=C(NCC)NCC)NC(=O)[C@H](Cc1ccc(O)cc1)NC(=O)[C@H](CO)NC(=O)[C@@H](Cc1ccc[n+](CCC(=O)[O-])c1)NC(=O)[C@@H](Cc1ccc(Cl)cc1)NC(=O)[C@@H](Cc1ccc2ccccc2c1)NC(C)=O)C(=O)N1CCC[C@H]1C(=O)N[C@H](C)C(N)=O)NCC. The number of hydrogen-bond acceptors (Lipinski definition) is 17. The van der Waals surface area contributed by atoms with Crippen LogP contribution in [0.4, 0.5) is 0 Å². The molecule has 0 bridgehead atoms. The zero-order valence-electron chi connectivity index (χ0n) is 68.0. The summed E-state index contributed by atoms with van der Waals surface area (Å²) in [6.07, 6.45) is 4.13. The number of nitrogens with two attached hydrogens (primary N) is 1. The van der Waals surface area contributed by atoms with E-state index in [1.54, 1.807) is 42.6 Å². The molecule has 5 aromatic rings. The minimum atomic E-state index is -1.89. The van der Waals surface area contributed by atoms with Crippen molar-refractivity contribution in [2.24, 2.45) is 21.6 Å². The number of carbonyl (C=O) groups excluding carboxylic acids is 12. The third-order valence-electron chi connectivity index (χ3n) is 19.3. The van der Waals surface area contributed by atoms with E-state index >= 15 is 19.2 Å². The first-order chi connectivity index (χ1) is 56.0. The Morgan fingerprint density at radius 1 is 0.538 bits per heavy atom. The number of rotatable bonds is 47. The van der Waals surface area contributed by atoms with Crippen molar-refractivity contribution in [1.82, 2.24) is 74.0 Å². The molecule has 117 heavy (non-hydrogen) atoms. The number of primary amides is 1. The van der Waals surface area contributed by atoms with Crippen molar-refractivity contribution in [3.63, 3.8) is 0 Å². The number of likely N-dealkylation sites (tertiary alicyclic amines) is 1. The Bertz CT molecular complexity index is 4190. The summed E-state index contributed by atoms with van der Waals surface area (Å²) in [5, 5.41) is 72.4. The van der Waals surface area contributed by atoms with Gasteiger partial charge in [-0.2, -0.15) is 0 Å². The van der Waals surface area contributed by atoms with Gasteiger partial charge in [-0.1, -0.05) is 92.2 Å². The van der Waals surface area contributed by atoms with E-state index in [2.05, 4.69) is 79.1 Å². The number of nitrogens with one attached hydrogen (secondary N) is 13. The lowest BCUT2D eigenvalue weighted by atomic mass is 9.99. The monoisotopic (exact) mass is 1640 g/mol. The molecule has 0 spiro atoms. The first-order valence-corrected chi connectivity index (χ1v) is 40.5. The number of halogens is 1. The van der Waals surface area contributed by atoms with Gasteiger partial charge < -0.3 is 99.9 Å². The number of aliphatic carboxylic acids is 1. The lowest BCUT2D eigenvalue weighted by Crippen LogP contribution is -2.61. The second-order valence-electron chi connectivity index (χ2n) is 29.3. The maximum atomic E-state index is 15.3. The standard InChI is InChI=1S/C83H117ClN18O15/c1-9-86-82(87-10-2)90-38-17-15-24-62(73(109)96-64(43-51(5)6)74(110)95-63(25-16-18-39-91-83(88-11-3)89-12-4)81(117)102-41-20-26-70(102)80(116)92-52(7)72(85)108)94-76(112)66(46-55-30-35-61(105)36-31-55)99-79(115)69(50-103)100-78(114)68(48-57-21-19-40-101(49-57)42-37-71(106)107)98-77(113)67(45-54-28-33-60(84)34-29-54)97-75(111)65(93-53(8)104)47-56-27-32-58-22-13-14-23-59(58)44-56/h13-14,19,21-23,27-36,40,44,49,51-52,62-70,103H,9-12,15-18,20,24-26,37-39,41-43,45-48,50H2,1-8H3,(H16-,85,86,87,88,89,90,91,92,93,94,95,96,97,98,99,100,104,105,106,107,108,109,110,111,112,113,114,115,116)/t52-,62-,63+,64+,65-,66+,67-,68-,69+,70+/m1/s1. The Kier molecular flexibility index (Phi) is 39.9. The number of aromatic hydroxyl groups is 1. The van der Waals surface area contributed by atoms with Crippen LogP contribution in [0.3, 0.4) is 0 Å². The van der Waals surface area contributed by atoms with Gasteiger partial charge in [0.15, 0.2) is 30.9 Å². The number of aliphatic hydroxyl groups is 1. The van der Waals surface area contributed by atoms with Gasteiger partial charge in [0.05, 0.1) is 6.61 Å². The molecule has 17 N–H and O–H groups in total. The van der Waals surface area contributed by atoms with Gasteiger partial charge in [0.25, 0.3) is 0 Å². The number of hydrogen-bond donors (Lipinski definition) is 16. The van der Waals surface area contributed by atoms with Crippen molar-refractivity contribution in [2.45, 2.75) is 212 Å². The molecule has 0 saturated carbocycles. The number of phenolic OH excluding ortho intramolecular Hbond substituents is 1. The van der Waals surface area contributed by atoms with Crippen LogP contribution in [0.25, 0.3) is 10.8 Å². The highest BCUT2D eigenvalue weighted by atomic mass is 35.5. The van der Waals surface area contributed by atoms with Crippen LogP contribution in [0.1, 0.15) is 142 Å². The minimum absolute atomic E-state index is 0.000716. The fourth-order valence-corrected chi connectivity index (χ4v) is 13.4. The van der Waals surface area contributed by atoms with Crippen LogP contribution >= 0.6 is 11.6 Å². The Hall–Kier alpha value is -11.5. The van der Waals surface area contributed by atoms with E-state index in [4.69, 9.17) is 17.3 Å². The van der Waals surface area contributed by atoms with E-state index in [0.29, 0.717) is 97.6 Å². The maximum Gasteiger partial charge on any atom is 0.245 e. The molecule has 34 heteroatoms. The summed E-state index contributed by atoms with van der Waals surface area (Å²) in [5.41, 5.74) is 7.42. The number of benzene rings is 4. The van der Waals surface area contributed by atoms with Crippen LogP contribution in [-0.4, -0.2) is 211 Å². The van der Waals surface area contributed by atoms with Crippen LogP contribution < -0.4 is 84.5 Å². The van der Waals surface area contributed by atoms with Crippen LogP contribution in [0.5, 0.6) is 5.75 Å². The first-order valence-electron chi connectivity index (χ1n) is 40.1. The molecule has 1 aliphatic heterocycles. The molecule has 11 amide bonds. The topological polar surface area (TPSA) is 483 Å². The molecule has 1 saturated heterocycles. The predicted octanol–water partition coefficient (Wildman–Crippen LogP) is 0.305. The number of phenols is 1. The highest BCUT2D eigenvalue weighted by Gasteiger charge is 2.41. The third-order valence-corrected chi connectivity index (χ3v) is 19.5.